The van der Waals surface area contributed by atoms with Crippen LogP contribution in [0, 0.1) is 0 Å². The topological polar surface area (TPSA) is 45.2 Å². The maximum absolute atomic E-state index is 12.7. The quantitative estimate of drug-likeness (QED) is 0.784. The molecule has 0 radical (unpaired) electrons. The van der Waals surface area contributed by atoms with Gasteiger partial charge >= 0.3 is 0 Å². The van der Waals surface area contributed by atoms with Gasteiger partial charge in [-0.1, -0.05) is 13.0 Å². The molecule has 1 saturated heterocycles. The number of aromatic nitrogens is 1. The summed E-state index contributed by atoms with van der Waals surface area (Å²) in [6.45, 7) is 4.85. The summed E-state index contributed by atoms with van der Waals surface area (Å²) in [5.74, 6) is 1.90. The molecule has 122 valence electrons. The minimum Gasteiger partial charge on any atom is -0.333 e. The average Bonchev–Trinajstić information content (AvgIpc) is 2.83. The maximum Gasteiger partial charge on any atom is 0.233 e. The van der Waals surface area contributed by atoms with Crippen molar-refractivity contribution in [1.29, 1.82) is 0 Å². The predicted molar refractivity (Wildman–Crippen MR) is 92.9 cm³/mol. The van der Waals surface area contributed by atoms with Crippen molar-refractivity contribution in [3.8, 4) is 0 Å². The van der Waals surface area contributed by atoms with Gasteiger partial charge < -0.3 is 10.2 Å². The lowest BCUT2D eigenvalue weighted by Gasteiger charge is -2.31. The molecule has 4 nitrogen and oxygen atoms in total. The highest BCUT2D eigenvalue weighted by Crippen LogP contribution is 2.18. The molecule has 5 heteroatoms. The molecule has 0 saturated carbocycles. The molecule has 1 aliphatic heterocycles. The Morgan fingerprint density at radius 1 is 1.41 bits per heavy atom. The Kier molecular flexibility index (Phi) is 7.74. The standard InChI is InChI=1S/C17H27N3OS/c1-2-12-22-14-17(21)20(13-15-6-3-4-10-19-15)16-7-5-9-18-11-8-16/h3-4,6,10,16,18H,2,5,7-9,11-14H2,1H3. The molecular formula is C17H27N3OS. The Labute approximate surface area is 138 Å². The third-order valence-corrected chi connectivity index (χ3v) is 5.09. The van der Waals surface area contributed by atoms with Crippen LogP contribution in [-0.2, 0) is 11.3 Å². The Morgan fingerprint density at radius 3 is 3.09 bits per heavy atom. The van der Waals surface area contributed by atoms with Gasteiger partial charge in [0, 0.05) is 12.2 Å². The van der Waals surface area contributed by atoms with Crippen LogP contribution in [0.2, 0.25) is 0 Å². The van der Waals surface area contributed by atoms with Crippen LogP contribution in [0.5, 0.6) is 0 Å². The SMILES string of the molecule is CCCSCC(=O)N(Cc1ccccn1)C1CCCNCC1. The maximum atomic E-state index is 12.7. The lowest BCUT2D eigenvalue weighted by Crippen LogP contribution is -2.41. The molecule has 1 aromatic rings. The third kappa shape index (κ3) is 5.61. The lowest BCUT2D eigenvalue weighted by atomic mass is 10.1. The zero-order chi connectivity index (χ0) is 15.6. The minimum atomic E-state index is 0.260. The van der Waals surface area contributed by atoms with E-state index in [1.165, 1.54) is 0 Å². The fraction of sp³-hybridized carbons (Fsp3) is 0.647. The van der Waals surface area contributed by atoms with Gasteiger partial charge in [-0.2, -0.15) is 11.8 Å². The van der Waals surface area contributed by atoms with Crippen molar-refractivity contribution in [1.82, 2.24) is 15.2 Å². The molecule has 0 spiro atoms. The van der Waals surface area contributed by atoms with E-state index in [4.69, 9.17) is 0 Å². The number of hydrogen-bond donors (Lipinski definition) is 1. The molecule has 22 heavy (non-hydrogen) atoms. The van der Waals surface area contributed by atoms with E-state index in [0.29, 0.717) is 18.3 Å². The van der Waals surface area contributed by atoms with Gasteiger partial charge in [0.05, 0.1) is 18.0 Å². The summed E-state index contributed by atoms with van der Waals surface area (Å²) in [5, 5.41) is 3.43. The van der Waals surface area contributed by atoms with Crippen molar-refractivity contribution in [3.63, 3.8) is 0 Å². The molecule has 2 heterocycles. The largest absolute Gasteiger partial charge is 0.333 e. The first-order valence-electron chi connectivity index (χ1n) is 8.29. The number of rotatable bonds is 7. The molecule has 1 fully saturated rings. The summed E-state index contributed by atoms with van der Waals surface area (Å²) in [6, 6.07) is 6.26. The fourth-order valence-electron chi connectivity index (χ4n) is 2.79. The summed E-state index contributed by atoms with van der Waals surface area (Å²) in [7, 11) is 0. The normalized spacial score (nSPS) is 18.7. The molecule has 1 aliphatic rings. The van der Waals surface area contributed by atoms with Crippen molar-refractivity contribution in [2.75, 3.05) is 24.6 Å². The summed E-state index contributed by atoms with van der Waals surface area (Å²) in [6.07, 6.45) is 6.18. The lowest BCUT2D eigenvalue weighted by molar-refractivity contribution is -0.131. The Morgan fingerprint density at radius 2 is 2.32 bits per heavy atom. The minimum absolute atomic E-state index is 0.260. The van der Waals surface area contributed by atoms with Gasteiger partial charge in [-0.15, -0.1) is 0 Å². The summed E-state index contributed by atoms with van der Waals surface area (Å²) >= 11 is 1.74. The van der Waals surface area contributed by atoms with E-state index < -0.39 is 0 Å². The Hall–Kier alpha value is -1.07. The van der Waals surface area contributed by atoms with Crippen molar-refractivity contribution in [2.45, 2.75) is 45.2 Å². The molecule has 0 aromatic carbocycles. The summed E-state index contributed by atoms with van der Waals surface area (Å²) in [5.41, 5.74) is 0.980. The van der Waals surface area contributed by atoms with E-state index in [-0.39, 0.29) is 5.91 Å². The zero-order valence-electron chi connectivity index (χ0n) is 13.5. The van der Waals surface area contributed by atoms with Gasteiger partial charge in [0.1, 0.15) is 0 Å². The molecule has 1 unspecified atom stereocenters. The second kappa shape index (κ2) is 9.85. The average molecular weight is 321 g/mol. The molecule has 1 N–H and O–H groups in total. The van der Waals surface area contributed by atoms with E-state index in [1.807, 2.05) is 18.2 Å². The Balaban J connectivity index is 2.03. The number of pyridine rings is 1. The summed E-state index contributed by atoms with van der Waals surface area (Å²) < 4.78 is 0. The third-order valence-electron chi connectivity index (χ3n) is 3.94. The fourth-order valence-corrected chi connectivity index (χ4v) is 3.56. The van der Waals surface area contributed by atoms with Gasteiger partial charge in [-0.25, -0.2) is 0 Å². The van der Waals surface area contributed by atoms with E-state index in [1.54, 1.807) is 18.0 Å². The van der Waals surface area contributed by atoms with E-state index in [9.17, 15) is 4.79 Å². The first-order chi connectivity index (χ1) is 10.8. The van der Waals surface area contributed by atoms with Crippen LogP contribution in [0.15, 0.2) is 24.4 Å². The number of nitrogens with zero attached hydrogens (tertiary/aromatic N) is 2. The molecular weight excluding hydrogens is 294 g/mol. The number of hydrogen-bond acceptors (Lipinski definition) is 4. The molecule has 1 amide bonds. The van der Waals surface area contributed by atoms with E-state index in [0.717, 1.165) is 50.2 Å². The number of nitrogens with one attached hydrogen (secondary N) is 1. The van der Waals surface area contributed by atoms with Gasteiger partial charge in [-0.05, 0) is 56.7 Å². The van der Waals surface area contributed by atoms with E-state index >= 15 is 0 Å². The highest BCUT2D eigenvalue weighted by Gasteiger charge is 2.24. The molecule has 0 aliphatic carbocycles. The van der Waals surface area contributed by atoms with Crippen molar-refractivity contribution >= 4 is 17.7 Å². The van der Waals surface area contributed by atoms with Crippen LogP contribution in [0.3, 0.4) is 0 Å². The predicted octanol–water partition coefficient (Wildman–Crippen LogP) is 2.70. The molecule has 0 bridgehead atoms. The smallest absolute Gasteiger partial charge is 0.233 e. The molecule has 1 atom stereocenters. The monoisotopic (exact) mass is 321 g/mol. The van der Waals surface area contributed by atoms with Crippen LogP contribution in [0.4, 0.5) is 0 Å². The van der Waals surface area contributed by atoms with Gasteiger partial charge in [0.25, 0.3) is 0 Å². The zero-order valence-corrected chi connectivity index (χ0v) is 14.3. The van der Waals surface area contributed by atoms with Crippen molar-refractivity contribution < 1.29 is 4.79 Å². The first kappa shape index (κ1) is 17.3. The second-order valence-corrected chi connectivity index (χ2v) is 6.84. The number of thioether (sulfide) groups is 1. The van der Waals surface area contributed by atoms with E-state index in [2.05, 4.69) is 22.1 Å². The van der Waals surface area contributed by atoms with Crippen LogP contribution >= 0.6 is 11.8 Å². The van der Waals surface area contributed by atoms with Gasteiger partial charge in [0.15, 0.2) is 0 Å². The highest BCUT2D eigenvalue weighted by atomic mass is 32.2. The van der Waals surface area contributed by atoms with Crippen LogP contribution in [-0.4, -0.2) is 46.4 Å². The van der Waals surface area contributed by atoms with Crippen LogP contribution < -0.4 is 5.32 Å². The number of carbonyl (C=O) groups is 1. The van der Waals surface area contributed by atoms with Crippen molar-refractivity contribution in [3.05, 3.63) is 30.1 Å². The highest BCUT2D eigenvalue weighted by molar-refractivity contribution is 7.99. The number of carbonyl (C=O) groups excluding carboxylic acids is 1. The first-order valence-corrected chi connectivity index (χ1v) is 9.44. The van der Waals surface area contributed by atoms with Gasteiger partial charge in [0.2, 0.25) is 5.91 Å². The molecule has 1 aromatic heterocycles. The van der Waals surface area contributed by atoms with Crippen LogP contribution in [0.25, 0.3) is 0 Å². The van der Waals surface area contributed by atoms with Crippen LogP contribution in [0.1, 0.15) is 38.3 Å². The second-order valence-electron chi connectivity index (χ2n) is 5.73. The number of amides is 1. The molecule has 2 rings (SSSR count). The summed E-state index contributed by atoms with van der Waals surface area (Å²) in [4.78, 5) is 19.2. The Bertz CT molecular complexity index is 433. The van der Waals surface area contributed by atoms with Crippen molar-refractivity contribution in [2.24, 2.45) is 0 Å². The van der Waals surface area contributed by atoms with Gasteiger partial charge in [-0.3, -0.25) is 9.78 Å².